The quantitative estimate of drug-likeness (QED) is 0.208. The fourth-order valence-corrected chi connectivity index (χ4v) is 4.23. The minimum absolute atomic E-state index is 0.0832. The van der Waals surface area contributed by atoms with Gasteiger partial charge in [0.05, 0.1) is 25.4 Å². The minimum Gasteiger partial charge on any atom is -0.465 e. The van der Waals surface area contributed by atoms with Crippen molar-refractivity contribution >= 4 is 17.6 Å². The van der Waals surface area contributed by atoms with Crippen molar-refractivity contribution in [2.75, 3.05) is 13.7 Å². The number of carbonyl (C=O) groups excluding carboxylic acids is 1. The van der Waals surface area contributed by atoms with E-state index in [2.05, 4.69) is 53.8 Å². The molecule has 4 nitrogen and oxygen atoms in total. The van der Waals surface area contributed by atoms with Crippen molar-refractivity contribution in [3.8, 4) is 0 Å². The van der Waals surface area contributed by atoms with Gasteiger partial charge in [0.15, 0.2) is 0 Å². The molecule has 4 aromatic rings. The summed E-state index contributed by atoms with van der Waals surface area (Å²) in [5.41, 5.74) is 6.51. The first-order valence-electron chi connectivity index (χ1n) is 12.5. The second-order valence-corrected chi connectivity index (χ2v) is 9.41. The van der Waals surface area contributed by atoms with Crippen molar-refractivity contribution in [2.45, 2.75) is 32.1 Å². The highest BCUT2D eigenvalue weighted by molar-refractivity contribution is 6.30. The zero-order valence-electron chi connectivity index (χ0n) is 21.0. The predicted molar refractivity (Wildman–Crippen MR) is 149 cm³/mol. The van der Waals surface area contributed by atoms with E-state index >= 15 is 0 Å². The van der Waals surface area contributed by atoms with Gasteiger partial charge in [-0.05, 0) is 64.9 Å². The largest absolute Gasteiger partial charge is 0.465 e. The van der Waals surface area contributed by atoms with Crippen molar-refractivity contribution in [3.05, 3.63) is 142 Å². The molecule has 0 aromatic heterocycles. The van der Waals surface area contributed by atoms with Gasteiger partial charge in [0, 0.05) is 18.1 Å². The molecule has 0 spiro atoms. The SMILES string of the molecule is COC(=O)c1ccc(CNC[C@H](OCc2ccc(CCc3ccc(Cl)cc3)cc2)c2ccccc2)cc1. The zero-order valence-corrected chi connectivity index (χ0v) is 21.8. The molecule has 1 atom stereocenters. The maximum absolute atomic E-state index is 11.6. The maximum atomic E-state index is 11.6. The van der Waals surface area contributed by atoms with Crippen LogP contribution in [0.5, 0.6) is 0 Å². The van der Waals surface area contributed by atoms with E-state index in [0.717, 1.165) is 34.6 Å². The molecule has 0 radical (unpaired) electrons. The Morgan fingerprint density at radius 3 is 1.95 bits per heavy atom. The fourth-order valence-electron chi connectivity index (χ4n) is 4.10. The van der Waals surface area contributed by atoms with Crippen LogP contribution in [0.1, 0.15) is 44.3 Å². The van der Waals surface area contributed by atoms with Gasteiger partial charge in [0.25, 0.3) is 0 Å². The van der Waals surface area contributed by atoms with Gasteiger partial charge in [0.1, 0.15) is 0 Å². The number of methoxy groups -OCH3 is 1. The highest BCUT2D eigenvalue weighted by Gasteiger charge is 2.12. The molecule has 0 aliphatic carbocycles. The molecular weight excluding hydrogens is 482 g/mol. The fraction of sp³-hybridized carbons (Fsp3) is 0.219. The first kappa shape index (κ1) is 26.6. The Balaban J connectivity index is 1.29. The van der Waals surface area contributed by atoms with Crippen LogP contribution in [0.25, 0.3) is 0 Å². The molecule has 190 valence electrons. The predicted octanol–water partition coefficient (Wildman–Crippen LogP) is 6.96. The highest BCUT2D eigenvalue weighted by atomic mass is 35.5. The average molecular weight is 514 g/mol. The molecular formula is C32H32ClNO3. The topological polar surface area (TPSA) is 47.6 Å². The van der Waals surface area contributed by atoms with Crippen LogP contribution in [0.3, 0.4) is 0 Å². The Labute approximate surface area is 224 Å². The van der Waals surface area contributed by atoms with Crippen LogP contribution in [0, 0.1) is 0 Å². The van der Waals surface area contributed by atoms with Gasteiger partial charge >= 0.3 is 5.97 Å². The molecule has 4 rings (SSSR count). The molecule has 0 saturated carbocycles. The summed E-state index contributed by atoms with van der Waals surface area (Å²) < 4.78 is 11.1. The molecule has 0 bridgehead atoms. The summed E-state index contributed by atoms with van der Waals surface area (Å²) in [6, 6.07) is 34.4. The van der Waals surface area contributed by atoms with E-state index in [1.807, 2.05) is 42.5 Å². The summed E-state index contributed by atoms with van der Waals surface area (Å²) in [6.07, 6.45) is 1.89. The van der Waals surface area contributed by atoms with E-state index in [1.165, 1.54) is 18.2 Å². The van der Waals surface area contributed by atoms with Crippen molar-refractivity contribution < 1.29 is 14.3 Å². The standard InChI is InChI=1S/C32H32ClNO3/c1-36-32(35)29-17-13-26(14-18-29)21-34-22-31(28-5-3-2-4-6-28)37-23-27-11-9-24(10-12-27)7-8-25-15-19-30(33)20-16-25/h2-6,9-20,31,34H,7-8,21-23H2,1H3/t31-/m0/s1. The number of ether oxygens (including phenoxy) is 2. The van der Waals surface area contributed by atoms with Crippen molar-refractivity contribution in [1.29, 1.82) is 0 Å². The Hall–Kier alpha value is -3.44. The second kappa shape index (κ2) is 13.8. The summed E-state index contributed by atoms with van der Waals surface area (Å²) in [4.78, 5) is 11.6. The molecule has 1 N–H and O–H groups in total. The number of halogens is 1. The molecule has 0 aliphatic heterocycles. The van der Waals surface area contributed by atoms with Gasteiger partial charge in [-0.25, -0.2) is 4.79 Å². The minimum atomic E-state index is -0.327. The number of benzene rings is 4. The smallest absolute Gasteiger partial charge is 0.337 e. The molecule has 0 heterocycles. The Bertz CT molecular complexity index is 1240. The van der Waals surface area contributed by atoms with E-state index in [1.54, 1.807) is 12.1 Å². The lowest BCUT2D eigenvalue weighted by Gasteiger charge is -2.19. The van der Waals surface area contributed by atoms with Crippen LogP contribution in [0.4, 0.5) is 0 Å². The molecule has 37 heavy (non-hydrogen) atoms. The lowest BCUT2D eigenvalue weighted by Crippen LogP contribution is -2.23. The number of hydrogen-bond donors (Lipinski definition) is 1. The third kappa shape index (κ3) is 8.29. The van der Waals surface area contributed by atoms with Crippen molar-refractivity contribution in [2.24, 2.45) is 0 Å². The van der Waals surface area contributed by atoms with Gasteiger partial charge < -0.3 is 14.8 Å². The molecule has 0 unspecified atom stereocenters. The van der Waals surface area contributed by atoms with Crippen molar-refractivity contribution in [1.82, 2.24) is 5.32 Å². The van der Waals surface area contributed by atoms with E-state index < -0.39 is 0 Å². The van der Waals surface area contributed by atoms with E-state index in [-0.39, 0.29) is 12.1 Å². The van der Waals surface area contributed by atoms with Gasteiger partial charge in [-0.3, -0.25) is 0 Å². The number of hydrogen-bond acceptors (Lipinski definition) is 4. The van der Waals surface area contributed by atoms with Crippen LogP contribution < -0.4 is 5.32 Å². The van der Waals surface area contributed by atoms with Gasteiger partial charge in [0.2, 0.25) is 0 Å². The Morgan fingerprint density at radius 2 is 1.32 bits per heavy atom. The van der Waals surface area contributed by atoms with E-state index in [4.69, 9.17) is 21.1 Å². The van der Waals surface area contributed by atoms with Crippen LogP contribution in [-0.4, -0.2) is 19.6 Å². The third-order valence-electron chi connectivity index (χ3n) is 6.30. The monoisotopic (exact) mass is 513 g/mol. The van der Waals surface area contributed by atoms with E-state index in [9.17, 15) is 4.79 Å². The summed E-state index contributed by atoms with van der Waals surface area (Å²) in [5.74, 6) is -0.327. The molecule has 4 aromatic carbocycles. The van der Waals surface area contributed by atoms with E-state index in [0.29, 0.717) is 25.3 Å². The van der Waals surface area contributed by atoms with Crippen LogP contribution in [0.15, 0.2) is 103 Å². The Kier molecular flexibility index (Phi) is 9.89. The third-order valence-corrected chi connectivity index (χ3v) is 6.55. The highest BCUT2D eigenvalue weighted by Crippen LogP contribution is 2.20. The number of carbonyl (C=O) groups is 1. The lowest BCUT2D eigenvalue weighted by atomic mass is 10.0. The second-order valence-electron chi connectivity index (χ2n) is 8.97. The molecule has 0 aliphatic rings. The summed E-state index contributed by atoms with van der Waals surface area (Å²) in [5, 5.41) is 4.26. The molecule has 0 saturated heterocycles. The number of esters is 1. The number of aryl methyl sites for hydroxylation is 2. The van der Waals surface area contributed by atoms with Crippen LogP contribution in [0.2, 0.25) is 5.02 Å². The van der Waals surface area contributed by atoms with Gasteiger partial charge in [-0.15, -0.1) is 0 Å². The molecule has 0 fully saturated rings. The normalized spacial score (nSPS) is 11.7. The summed E-state index contributed by atoms with van der Waals surface area (Å²) >= 11 is 5.98. The van der Waals surface area contributed by atoms with Gasteiger partial charge in [-0.2, -0.15) is 0 Å². The molecule has 5 heteroatoms. The Morgan fingerprint density at radius 1 is 0.757 bits per heavy atom. The maximum Gasteiger partial charge on any atom is 0.337 e. The van der Waals surface area contributed by atoms with Gasteiger partial charge in [-0.1, -0.05) is 90.5 Å². The first-order chi connectivity index (χ1) is 18.1. The summed E-state index contributed by atoms with van der Waals surface area (Å²) in [6.45, 7) is 1.88. The molecule has 0 amide bonds. The van der Waals surface area contributed by atoms with Crippen LogP contribution in [-0.2, 0) is 35.5 Å². The van der Waals surface area contributed by atoms with Crippen LogP contribution >= 0.6 is 11.6 Å². The number of rotatable bonds is 12. The lowest BCUT2D eigenvalue weighted by molar-refractivity contribution is 0.0396. The number of nitrogens with one attached hydrogen (secondary N) is 1. The zero-order chi connectivity index (χ0) is 25.9. The van der Waals surface area contributed by atoms with Crippen molar-refractivity contribution in [3.63, 3.8) is 0 Å². The first-order valence-corrected chi connectivity index (χ1v) is 12.9. The summed E-state index contributed by atoms with van der Waals surface area (Å²) in [7, 11) is 1.39. The average Bonchev–Trinajstić information content (AvgIpc) is 2.95.